The molecule has 0 radical (unpaired) electrons. The summed E-state index contributed by atoms with van der Waals surface area (Å²) in [6.07, 6.45) is 0.0425. The van der Waals surface area contributed by atoms with Crippen LogP contribution < -0.4 is 4.90 Å². The zero-order valence-electron chi connectivity index (χ0n) is 14.0. The number of carbonyl (C=O) groups excluding carboxylic acids is 2. The van der Waals surface area contributed by atoms with Gasteiger partial charge in [0, 0.05) is 17.8 Å². The lowest BCUT2D eigenvalue weighted by Gasteiger charge is -2.21. The van der Waals surface area contributed by atoms with Crippen LogP contribution in [0.5, 0.6) is 0 Å². The maximum Gasteiger partial charge on any atom is 0.311 e. The zero-order chi connectivity index (χ0) is 17.3. The number of ether oxygens (including phenoxy) is 1. The number of benzene rings is 1. The largest absolute Gasteiger partial charge is 0.452 e. The third-order valence-electron chi connectivity index (χ3n) is 4.31. The number of aryl methyl sites for hydroxylation is 2. The summed E-state index contributed by atoms with van der Waals surface area (Å²) in [5, 5.41) is 3.81. The van der Waals surface area contributed by atoms with Crippen molar-refractivity contribution in [2.75, 3.05) is 11.4 Å². The molecule has 0 saturated carbocycles. The van der Waals surface area contributed by atoms with Crippen LogP contribution in [0.25, 0.3) is 0 Å². The molecule has 6 nitrogen and oxygen atoms in total. The molecule has 126 valence electrons. The van der Waals surface area contributed by atoms with Crippen molar-refractivity contribution < 1.29 is 18.8 Å². The lowest BCUT2D eigenvalue weighted by molar-refractivity contribution is -0.153. The number of nitrogens with zero attached hydrogens (tertiary/aromatic N) is 2. The minimum Gasteiger partial charge on any atom is -0.452 e. The van der Waals surface area contributed by atoms with E-state index >= 15 is 0 Å². The first-order valence-corrected chi connectivity index (χ1v) is 7.98. The molecule has 0 saturated heterocycles. The number of esters is 1. The number of hydrogen-bond donors (Lipinski definition) is 0. The first kappa shape index (κ1) is 16.2. The molecular weight excluding hydrogens is 308 g/mol. The van der Waals surface area contributed by atoms with Crippen LogP contribution in [0.4, 0.5) is 5.69 Å². The monoisotopic (exact) mass is 328 g/mol. The maximum atomic E-state index is 12.6. The number of carbonyl (C=O) groups is 2. The summed E-state index contributed by atoms with van der Waals surface area (Å²) < 4.78 is 10.4. The second-order valence-corrected chi connectivity index (χ2v) is 5.98. The van der Waals surface area contributed by atoms with Gasteiger partial charge in [-0.25, -0.2) is 0 Å². The summed E-state index contributed by atoms with van der Waals surface area (Å²) in [6.45, 7) is 5.74. The van der Waals surface area contributed by atoms with Gasteiger partial charge in [-0.15, -0.1) is 0 Å². The van der Waals surface area contributed by atoms with E-state index in [0.29, 0.717) is 23.6 Å². The summed E-state index contributed by atoms with van der Waals surface area (Å²) in [5.74, 6) is -0.0679. The van der Waals surface area contributed by atoms with Crippen LogP contribution in [0.3, 0.4) is 0 Å². The lowest BCUT2D eigenvalue weighted by atomic mass is 10.1. The Morgan fingerprint density at radius 3 is 2.79 bits per heavy atom. The van der Waals surface area contributed by atoms with Crippen LogP contribution in [0.2, 0.25) is 0 Å². The highest BCUT2D eigenvalue weighted by Gasteiger charge is 2.30. The van der Waals surface area contributed by atoms with Crippen molar-refractivity contribution in [3.63, 3.8) is 0 Å². The Hall–Kier alpha value is -2.63. The van der Waals surface area contributed by atoms with Crippen LogP contribution in [-0.2, 0) is 27.2 Å². The molecule has 1 aliphatic rings. The van der Waals surface area contributed by atoms with Gasteiger partial charge in [-0.05, 0) is 38.8 Å². The van der Waals surface area contributed by atoms with Crippen LogP contribution in [0.15, 0.2) is 28.8 Å². The second-order valence-electron chi connectivity index (χ2n) is 5.98. The molecule has 1 atom stereocenters. The Kier molecular flexibility index (Phi) is 4.38. The standard InChI is InChI=1S/C18H20N2O4/c1-11-15(12(2)24-19-11)10-17(21)23-13(3)18(22)20-9-8-14-6-4-5-7-16(14)20/h4-7,13H,8-10H2,1-3H3/t13-/m1/s1. The lowest BCUT2D eigenvalue weighted by Crippen LogP contribution is -2.39. The number of anilines is 1. The summed E-state index contributed by atoms with van der Waals surface area (Å²) in [6, 6.07) is 7.79. The molecule has 0 aliphatic carbocycles. The molecule has 1 aliphatic heterocycles. The minimum atomic E-state index is -0.830. The molecule has 6 heteroatoms. The van der Waals surface area contributed by atoms with Gasteiger partial charge in [0.1, 0.15) is 5.76 Å². The third kappa shape index (κ3) is 3.04. The smallest absolute Gasteiger partial charge is 0.311 e. The number of rotatable bonds is 4. The predicted octanol–water partition coefficient (Wildman–Crippen LogP) is 2.35. The second kappa shape index (κ2) is 6.47. The normalized spacial score (nSPS) is 14.4. The highest BCUT2D eigenvalue weighted by atomic mass is 16.5. The van der Waals surface area contributed by atoms with E-state index in [4.69, 9.17) is 9.26 Å². The zero-order valence-corrected chi connectivity index (χ0v) is 14.0. The van der Waals surface area contributed by atoms with Crippen molar-refractivity contribution in [2.24, 2.45) is 0 Å². The molecule has 0 bridgehead atoms. The number of aromatic nitrogens is 1. The topological polar surface area (TPSA) is 72.6 Å². The van der Waals surface area contributed by atoms with Crippen molar-refractivity contribution >= 4 is 17.6 Å². The van der Waals surface area contributed by atoms with Crippen LogP contribution in [0, 0.1) is 13.8 Å². The Bertz CT molecular complexity index is 762. The van der Waals surface area contributed by atoms with Crippen molar-refractivity contribution in [1.82, 2.24) is 5.16 Å². The Morgan fingerprint density at radius 1 is 1.33 bits per heavy atom. The van der Waals surface area contributed by atoms with Crippen LogP contribution in [0.1, 0.15) is 29.5 Å². The molecule has 1 aromatic heterocycles. The van der Waals surface area contributed by atoms with E-state index in [0.717, 1.165) is 17.7 Å². The van der Waals surface area contributed by atoms with Gasteiger partial charge in [0.2, 0.25) is 0 Å². The highest BCUT2D eigenvalue weighted by Crippen LogP contribution is 2.28. The average Bonchev–Trinajstić information content (AvgIpc) is 3.12. The Morgan fingerprint density at radius 2 is 2.08 bits per heavy atom. The van der Waals surface area contributed by atoms with Gasteiger partial charge in [0.05, 0.1) is 12.1 Å². The molecule has 24 heavy (non-hydrogen) atoms. The number of fused-ring (bicyclic) bond motifs is 1. The van der Waals surface area contributed by atoms with Crippen molar-refractivity contribution in [3.8, 4) is 0 Å². The summed E-state index contributed by atoms with van der Waals surface area (Å²) in [5.41, 5.74) is 3.42. The van der Waals surface area contributed by atoms with E-state index in [2.05, 4.69) is 5.16 Å². The van der Waals surface area contributed by atoms with Gasteiger partial charge in [-0.3, -0.25) is 9.59 Å². The molecule has 0 N–H and O–H groups in total. The van der Waals surface area contributed by atoms with Gasteiger partial charge >= 0.3 is 5.97 Å². The summed E-state index contributed by atoms with van der Waals surface area (Å²) >= 11 is 0. The molecule has 0 spiro atoms. The number of para-hydroxylation sites is 1. The fourth-order valence-corrected chi connectivity index (χ4v) is 2.97. The molecule has 3 rings (SSSR count). The fourth-order valence-electron chi connectivity index (χ4n) is 2.97. The van der Waals surface area contributed by atoms with E-state index in [1.807, 2.05) is 24.3 Å². The van der Waals surface area contributed by atoms with E-state index in [1.54, 1.807) is 25.7 Å². The van der Waals surface area contributed by atoms with Crippen molar-refractivity contribution in [2.45, 2.75) is 39.7 Å². The molecule has 0 fully saturated rings. The Balaban J connectivity index is 1.64. The van der Waals surface area contributed by atoms with Gasteiger partial charge < -0.3 is 14.2 Å². The highest BCUT2D eigenvalue weighted by molar-refractivity contribution is 5.99. The molecule has 0 unspecified atom stereocenters. The van der Waals surface area contributed by atoms with Crippen LogP contribution in [-0.4, -0.2) is 29.7 Å². The first-order valence-electron chi connectivity index (χ1n) is 7.98. The SMILES string of the molecule is Cc1noc(C)c1CC(=O)O[C@H](C)C(=O)N1CCc2ccccc21. The van der Waals surface area contributed by atoms with Gasteiger partial charge in [0.15, 0.2) is 6.10 Å². The van der Waals surface area contributed by atoms with E-state index < -0.39 is 12.1 Å². The van der Waals surface area contributed by atoms with E-state index in [1.165, 1.54) is 0 Å². The molecular formula is C18H20N2O4. The summed E-state index contributed by atoms with van der Waals surface area (Å²) in [7, 11) is 0. The molecule has 1 aromatic carbocycles. The van der Waals surface area contributed by atoms with Gasteiger partial charge in [-0.2, -0.15) is 0 Å². The van der Waals surface area contributed by atoms with Crippen LogP contribution >= 0.6 is 0 Å². The average molecular weight is 328 g/mol. The van der Waals surface area contributed by atoms with E-state index in [9.17, 15) is 9.59 Å². The van der Waals surface area contributed by atoms with Gasteiger partial charge in [0.25, 0.3) is 5.91 Å². The Labute approximate surface area is 140 Å². The molecule has 1 amide bonds. The van der Waals surface area contributed by atoms with Crippen molar-refractivity contribution in [3.05, 3.63) is 46.8 Å². The fraction of sp³-hybridized carbons (Fsp3) is 0.389. The van der Waals surface area contributed by atoms with E-state index in [-0.39, 0.29) is 12.3 Å². The maximum absolute atomic E-state index is 12.6. The quantitative estimate of drug-likeness (QED) is 0.806. The predicted molar refractivity (Wildman–Crippen MR) is 87.7 cm³/mol. The molecule has 2 heterocycles. The third-order valence-corrected chi connectivity index (χ3v) is 4.31. The van der Waals surface area contributed by atoms with Crippen molar-refractivity contribution in [1.29, 1.82) is 0 Å². The molecule has 2 aromatic rings. The number of hydrogen-bond acceptors (Lipinski definition) is 5. The minimum absolute atomic E-state index is 0.0510. The summed E-state index contributed by atoms with van der Waals surface area (Å²) in [4.78, 5) is 26.4. The first-order chi connectivity index (χ1) is 11.5. The number of amides is 1. The van der Waals surface area contributed by atoms with Gasteiger partial charge in [-0.1, -0.05) is 23.4 Å².